The molecular formula is C21H43Cl. The molecule has 0 rings (SSSR count). The molecule has 0 radical (unpaired) electrons. The lowest BCUT2D eigenvalue weighted by molar-refractivity contribution is 0.514. The van der Waals surface area contributed by atoms with Crippen molar-refractivity contribution in [2.24, 2.45) is 0 Å². The van der Waals surface area contributed by atoms with E-state index in [4.69, 9.17) is 11.6 Å². The van der Waals surface area contributed by atoms with Gasteiger partial charge in [0.2, 0.25) is 0 Å². The lowest BCUT2D eigenvalue weighted by atomic mass is 10.0. The number of hydrogen-bond acceptors (Lipinski definition) is 0. The van der Waals surface area contributed by atoms with Gasteiger partial charge in [0, 0.05) is 4.87 Å². The van der Waals surface area contributed by atoms with E-state index in [1.807, 2.05) is 0 Å². The van der Waals surface area contributed by atoms with Gasteiger partial charge in [0.25, 0.3) is 0 Å². The maximum Gasteiger partial charge on any atom is 0.0390 e. The Morgan fingerprint density at radius 2 is 0.773 bits per heavy atom. The van der Waals surface area contributed by atoms with E-state index >= 15 is 0 Å². The molecule has 0 amide bonds. The monoisotopic (exact) mass is 330 g/mol. The van der Waals surface area contributed by atoms with Crippen LogP contribution in [0.1, 0.15) is 130 Å². The predicted octanol–water partition coefficient (Wildman–Crippen LogP) is 8.66. The summed E-state index contributed by atoms with van der Waals surface area (Å²) in [4.78, 5) is 0.00992. The van der Waals surface area contributed by atoms with Crippen LogP contribution >= 0.6 is 11.6 Å². The van der Waals surface area contributed by atoms with Crippen molar-refractivity contribution in [2.75, 3.05) is 0 Å². The smallest absolute Gasteiger partial charge is 0.0390 e. The fourth-order valence-corrected chi connectivity index (χ4v) is 3.23. The Hall–Kier alpha value is 0.290. The number of halogens is 1. The second-order valence-corrected chi connectivity index (χ2v) is 8.80. The van der Waals surface area contributed by atoms with Gasteiger partial charge < -0.3 is 0 Å². The first-order valence-electron chi connectivity index (χ1n) is 10.2. The molecule has 0 saturated carbocycles. The summed E-state index contributed by atoms with van der Waals surface area (Å²) < 4.78 is 0. The van der Waals surface area contributed by atoms with E-state index in [1.165, 1.54) is 103 Å². The van der Waals surface area contributed by atoms with Crippen molar-refractivity contribution in [3.63, 3.8) is 0 Å². The van der Waals surface area contributed by atoms with Gasteiger partial charge in [-0.1, -0.05) is 110 Å². The fraction of sp³-hybridized carbons (Fsp3) is 1.00. The van der Waals surface area contributed by atoms with E-state index in [1.54, 1.807) is 0 Å². The van der Waals surface area contributed by atoms with Crippen molar-refractivity contribution >= 4 is 11.6 Å². The first-order valence-corrected chi connectivity index (χ1v) is 10.6. The largest absolute Gasteiger partial charge is 0.120 e. The molecule has 0 aromatic heterocycles. The molecular weight excluding hydrogens is 288 g/mol. The SMILES string of the molecule is CCCCCCCCCCCCCCCCCCC(C)(C)Cl. The molecule has 0 aliphatic rings. The zero-order valence-corrected chi connectivity index (χ0v) is 16.7. The molecule has 0 aromatic carbocycles. The summed E-state index contributed by atoms with van der Waals surface area (Å²) in [5.41, 5.74) is 0. The van der Waals surface area contributed by atoms with Crippen molar-refractivity contribution in [3.05, 3.63) is 0 Å². The zero-order valence-electron chi connectivity index (χ0n) is 15.9. The minimum atomic E-state index is 0.00992. The van der Waals surface area contributed by atoms with Gasteiger partial charge in [-0.3, -0.25) is 0 Å². The molecule has 0 unspecified atom stereocenters. The van der Waals surface area contributed by atoms with Crippen LogP contribution in [-0.4, -0.2) is 4.87 Å². The summed E-state index contributed by atoms with van der Waals surface area (Å²) in [6, 6.07) is 0. The average Bonchev–Trinajstić information content (AvgIpc) is 2.45. The molecule has 0 aliphatic carbocycles. The first-order chi connectivity index (χ1) is 10.6. The van der Waals surface area contributed by atoms with E-state index < -0.39 is 0 Å². The van der Waals surface area contributed by atoms with Gasteiger partial charge in [0.05, 0.1) is 0 Å². The summed E-state index contributed by atoms with van der Waals surface area (Å²) in [5.74, 6) is 0. The molecule has 0 bridgehead atoms. The molecule has 0 N–H and O–H groups in total. The topological polar surface area (TPSA) is 0 Å². The summed E-state index contributed by atoms with van der Waals surface area (Å²) in [5, 5.41) is 0. The number of hydrogen-bond donors (Lipinski definition) is 0. The van der Waals surface area contributed by atoms with Crippen LogP contribution in [0.3, 0.4) is 0 Å². The standard InChI is InChI=1S/C21H43Cl/c1-4-5-6-7-8-9-10-11-12-13-14-15-16-17-18-19-20-21(2,3)22/h4-20H2,1-3H3. The van der Waals surface area contributed by atoms with Crippen LogP contribution < -0.4 is 0 Å². The Morgan fingerprint density at radius 1 is 0.500 bits per heavy atom. The lowest BCUT2D eigenvalue weighted by Gasteiger charge is -2.14. The van der Waals surface area contributed by atoms with Gasteiger partial charge in [-0.05, 0) is 20.3 Å². The van der Waals surface area contributed by atoms with Crippen LogP contribution in [0.5, 0.6) is 0 Å². The summed E-state index contributed by atoms with van der Waals surface area (Å²) >= 11 is 6.20. The van der Waals surface area contributed by atoms with Crippen LogP contribution in [0, 0.1) is 0 Å². The average molecular weight is 331 g/mol. The van der Waals surface area contributed by atoms with E-state index in [0.29, 0.717) is 0 Å². The van der Waals surface area contributed by atoms with Gasteiger partial charge >= 0.3 is 0 Å². The Labute approximate surface area is 146 Å². The molecule has 0 atom stereocenters. The third-order valence-electron chi connectivity index (χ3n) is 4.62. The molecule has 0 saturated heterocycles. The molecule has 1 heteroatoms. The molecule has 22 heavy (non-hydrogen) atoms. The third-order valence-corrected chi connectivity index (χ3v) is 4.81. The van der Waals surface area contributed by atoms with Crippen molar-refractivity contribution < 1.29 is 0 Å². The number of unbranched alkanes of at least 4 members (excludes halogenated alkanes) is 15. The van der Waals surface area contributed by atoms with E-state index in [9.17, 15) is 0 Å². The molecule has 134 valence electrons. The maximum absolute atomic E-state index is 6.20. The zero-order chi connectivity index (χ0) is 16.5. The van der Waals surface area contributed by atoms with Crippen LogP contribution in [-0.2, 0) is 0 Å². The number of alkyl halides is 1. The van der Waals surface area contributed by atoms with Gasteiger partial charge in [-0.15, -0.1) is 11.6 Å². The second-order valence-electron chi connectivity index (χ2n) is 7.77. The van der Waals surface area contributed by atoms with Gasteiger partial charge in [-0.2, -0.15) is 0 Å². The van der Waals surface area contributed by atoms with Crippen molar-refractivity contribution in [1.82, 2.24) is 0 Å². The highest BCUT2D eigenvalue weighted by Crippen LogP contribution is 2.21. The highest BCUT2D eigenvalue weighted by molar-refractivity contribution is 6.23. The molecule has 0 heterocycles. The maximum atomic E-state index is 6.20. The van der Waals surface area contributed by atoms with E-state index in [2.05, 4.69) is 20.8 Å². The summed E-state index contributed by atoms with van der Waals surface area (Å²) in [6.45, 7) is 6.54. The molecule has 0 aromatic rings. The minimum Gasteiger partial charge on any atom is -0.120 e. The Bertz CT molecular complexity index is 204. The van der Waals surface area contributed by atoms with Gasteiger partial charge in [-0.25, -0.2) is 0 Å². The first kappa shape index (κ1) is 22.3. The summed E-state index contributed by atoms with van der Waals surface area (Å²) in [7, 11) is 0. The summed E-state index contributed by atoms with van der Waals surface area (Å²) in [6.07, 6.45) is 24.1. The van der Waals surface area contributed by atoms with Crippen molar-refractivity contribution in [2.45, 2.75) is 135 Å². The Balaban J connectivity index is 3.00. The number of rotatable bonds is 17. The van der Waals surface area contributed by atoms with Gasteiger partial charge in [0.1, 0.15) is 0 Å². The fourth-order valence-electron chi connectivity index (χ4n) is 3.09. The van der Waals surface area contributed by atoms with E-state index in [-0.39, 0.29) is 4.87 Å². The second kappa shape index (κ2) is 16.2. The highest BCUT2D eigenvalue weighted by Gasteiger charge is 2.11. The lowest BCUT2D eigenvalue weighted by Crippen LogP contribution is -2.08. The normalized spacial score (nSPS) is 12.0. The van der Waals surface area contributed by atoms with Crippen LogP contribution in [0.2, 0.25) is 0 Å². The predicted molar refractivity (Wildman–Crippen MR) is 104 cm³/mol. The third kappa shape index (κ3) is 20.3. The molecule has 0 spiro atoms. The van der Waals surface area contributed by atoms with Gasteiger partial charge in [0.15, 0.2) is 0 Å². The minimum absolute atomic E-state index is 0.00992. The van der Waals surface area contributed by atoms with Crippen LogP contribution in [0.25, 0.3) is 0 Å². The van der Waals surface area contributed by atoms with Crippen LogP contribution in [0.15, 0.2) is 0 Å². The quantitative estimate of drug-likeness (QED) is 0.185. The van der Waals surface area contributed by atoms with Crippen LogP contribution in [0.4, 0.5) is 0 Å². The molecule has 0 nitrogen and oxygen atoms in total. The highest BCUT2D eigenvalue weighted by atomic mass is 35.5. The Kier molecular flexibility index (Phi) is 16.4. The van der Waals surface area contributed by atoms with Crippen molar-refractivity contribution in [1.29, 1.82) is 0 Å². The van der Waals surface area contributed by atoms with E-state index in [0.717, 1.165) is 6.42 Å². The Morgan fingerprint density at radius 3 is 1.05 bits per heavy atom. The molecule has 0 aliphatic heterocycles. The van der Waals surface area contributed by atoms with Crippen molar-refractivity contribution in [3.8, 4) is 0 Å². The molecule has 0 fully saturated rings.